The number of nitrogens with zero attached hydrogens (tertiary/aromatic N) is 2. The van der Waals surface area contributed by atoms with Gasteiger partial charge in [0, 0.05) is 22.1 Å². The highest BCUT2D eigenvalue weighted by molar-refractivity contribution is 6.20. The van der Waals surface area contributed by atoms with Crippen LogP contribution in [0.2, 0.25) is 0 Å². The Labute approximate surface area is 338 Å². The fourth-order valence-electron chi connectivity index (χ4n) is 9.70. The molecule has 0 saturated carbocycles. The van der Waals surface area contributed by atoms with E-state index in [1.807, 2.05) is 6.07 Å². The Morgan fingerprint density at radius 1 is 0.638 bits per heavy atom. The summed E-state index contributed by atoms with van der Waals surface area (Å²) < 4.78 is 0. The third-order valence-corrected chi connectivity index (χ3v) is 12.6. The summed E-state index contributed by atoms with van der Waals surface area (Å²) in [7, 11) is 0. The number of allylic oxidation sites excluding steroid dienone is 3. The number of anilines is 1. The van der Waals surface area contributed by atoms with E-state index in [-0.39, 0.29) is 12.1 Å². The van der Waals surface area contributed by atoms with Crippen molar-refractivity contribution in [2.75, 3.05) is 5.32 Å². The molecule has 12 rings (SSSR count). The van der Waals surface area contributed by atoms with Crippen LogP contribution >= 0.6 is 0 Å². The molecule has 4 aliphatic rings. The number of rotatable bonds is 4. The van der Waals surface area contributed by atoms with Crippen molar-refractivity contribution >= 4 is 67.1 Å². The molecule has 2 unspecified atom stereocenters. The molecule has 8 aromatic rings. The topological polar surface area (TPSA) is 37.3 Å². The fourth-order valence-corrected chi connectivity index (χ4v) is 9.70. The third-order valence-electron chi connectivity index (χ3n) is 12.6. The van der Waals surface area contributed by atoms with E-state index in [9.17, 15) is 0 Å². The van der Waals surface area contributed by atoms with Crippen molar-refractivity contribution < 1.29 is 0 Å². The predicted octanol–water partition coefficient (Wildman–Crippen LogP) is 13.4. The molecule has 0 amide bonds. The summed E-state index contributed by atoms with van der Waals surface area (Å²) in [6.45, 7) is 0. The molecule has 274 valence electrons. The minimum atomic E-state index is 0.0385. The zero-order valence-electron chi connectivity index (χ0n) is 32.0. The number of hydrogen-bond donors (Lipinski definition) is 1. The lowest BCUT2D eigenvalue weighted by molar-refractivity contribution is 0.840. The van der Waals surface area contributed by atoms with Gasteiger partial charge in [-0.25, -0.2) is 4.98 Å². The van der Waals surface area contributed by atoms with E-state index in [2.05, 4.69) is 181 Å². The van der Waals surface area contributed by atoms with Gasteiger partial charge in [0.1, 0.15) is 0 Å². The highest BCUT2D eigenvalue weighted by atomic mass is 14.9. The summed E-state index contributed by atoms with van der Waals surface area (Å²) in [5, 5.41) is 10.2. The van der Waals surface area contributed by atoms with Crippen LogP contribution in [0.15, 0.2) is 175 Å². The third kappa shape index (κ3) is 5.42. The first kappa shape index (κ1) is 33.1. The van der Waals surface area contributed by atoms with E-state index in [0.717, 1.165) is 52.8 Å². The van der Waals surface area contributed by atoms with E-state index < -0.39 is 0 Å². The number of hydrogen-bond acceptors (Lipinski definition) is 3. The Kier molecular flexibility index (Phi) is 7.56. The number of fused-ring (bicyclic) bond motifs is 11. The van der Waals surface area contributed by atoms with Crippen LogP contribution in [0.1, 0.15) is 63.4 Å². The van der Waals surface area contributed by atoms with Crippen molar-refractivity contribution in [2.24, 2.45) is 4.99 Å². The van der Waals surface area contributed by atoms with Gasteiger partial charge in [-0.15, -0.1) is 0 Å². The average Bonchev–Trinajstić information content (AvgIpc) is 3.30. The second kappa shape index (κ2) is 13.2. The summed E-state index contributed by atoms with van der Waals surface area (Å²) in [5.74, 6) is 0. The molecule has 3 heteroatoms. The SMILES string of the molecule is C1=CCC2N=C(c3cccc(C4=Cc5c(ccc6cc(C7C=Cc8ccc9ccc(-c%10ccccc%10)nc9c8N7)ccc56)CC4)c3)c3ccc4ccccc4c3C2=C1. The Balaban J connectivity index is 0.882. The summed E-state index contributed by atoms with van der Waals surface area (Å²) in [4.78, 5) is 10.6. The first-order chi connectivity index (χ1) is 28.7. The van der Waals surface area contributed by atoms with Gasteiger partial charge in [0.2, 0.25) is 0 Å². The summed E-state index contributed by atoms with van der Waals surface area (Å²) in [6, 6.07) is 53.4. The average molecular weight is 742 g/mol. The molecular weight excluding hydrogens is 703 g/mol. The smallest absolute Gasteiger partial charge is 0.0947 e. The zero-order chi connectivity index (χ0) is 38.2. The normalized spacial score (nSPS) is 17.8. The predicted molar refractivity (Wildman–Crippen MR) is 244 cm³/mol. The number of aliphatic imine (C=N–C) groups is 1. The summed E-state index contributed by atoms with van der Waals surface area (Å²) >= 11 is 0. The van der Waals surface area contributed by atoms with Crippen LogP contribution in [-0.2, 0) is 6.42 Å². The van der Waals surface area contributed by atoms with Gasteiger partial charge in [-0.05, 0) is 104 Å². The Morgan fingerprint density at radius 3 is 2.45 bits per heavy atom. The van der Waals surface area contributed by atoms with E-state index in [1.165, 1.54) is 77.2 Å². The first-order valence-electron chi connectivity index (χ1n) is 20.5. The van der Waals surface area contributed by atoms with Crippen LogP contribution in [0.3, 0.4) is 0 Å². The van der Waals surface area contributed by atoms with Crippen LogP contribution in [-0.4, -0.2) is 16.7 Å². The Morgan fingerprint density at radius 2 is 1.48 bits per heavy atom. The molecule has 2 aliphatic heterocycles. The molecule has 58 heavy (non-hydrogen) atoms. The van der Waals surface area contributed by atoms with Gasteiger partial charge >= 0.3 is 0 Å². The number of nitrogens with one attached hydrogen (secondary N) is 1. The molecule has 2 atom stereocenters. The van der Waals surface area contributed by atoms with Crippen LogP contribution < -0.4 is 5.32 Å². The maximum Gasteiger partial charge on any atom is 0.0947 e. The number of aromatic nitrogens is 1. The molecule has 2 aliphatic carbocycles. The van der Waals surface area contributed by atoms with Gasteiger partial charge in [-0.3, -0.25) is 4.99 Å². The number of benzene rings is 7. The van der Waals surface area contributed by atoms with Crippen molar-refractivity contribution in [3.8, 4) is 11.3 Å². The van der Waals surface area contributed by atoms with Crippen LogP contribution in [0.25, 0.3) is 67.0 Å². The Hall–Kier alpha value is -7.10. The largest absolute Gasteiger partial charge is 0.372 e. The summed E-state index contributed by atoms with van der Waals surface area (Å²) in [5.41, 5.74) is 18.2. The van der Waals surface area contributed by atoms with E-state index in [4.69, 9.17) is 9.98 Å². The van der Waals surface area contributed by atoms with Crippen LogP contribution in [0.5, 0.6) is 0 Å². The summed E-state index contributed by atoms with van der Waals surface area (Å²) in [6.07, 6.45) is 16.7. The van der Waals surface area contributed by atoms with Gasteiger partial charge in [-0.2, -0.15) is 0 Å². The number of aryl methyl sites for hydroxylation is 1. The van der Waals surface area contributed by atoms with E-state index in [1.54, 1.807) is 0 Å². The molecule has 0 radical (unpaired) electrons. The molecule has 0 saturated heterocycles. The lowest BCUT2D eigenvalue weighted by atomic mass is 9.80. The van der Waals surface area contributed by atoms with Crippen LogP contribution in [0, 0.1) is 0 Å². The molecular formula is C55H39N3. The molecule has 0 spiro atoms. The van der Waals surface area contributed by atoms with Gasteiger partial charge in [-0.1, -0.05) is 164 Å². The van der Waals surface area contributed by atoms with Crippen molar-refractivity contribution in [3.63, 3.8) is 0 Å². The minimum Gasteiger partial charge on any atom is -0.372 e. The Bertz CT molecular complexity index is 3180. The fraction of sp³-hybridized carbons (Fsp3) is 0.0909. The maximum atomic E-state index is 5.44. The van der Waals surface area contributed by atoms with Gasteiger partial charge in [0.25, 0.3) is 0 Å². The quantitative estimate of drug-likeness (QED) is 0.195. The minimum absolute atomic E-state index is 0.0385. The van der Waals surface area contributed by atoms with Gasteiger partial charge in [0.05, 0.1) is 34.7 Å². The molecule has 3 nitrogen and oxygen atoms in total. The lowest BCUT2D eigenvalue weighted by Gasteiger charge is -2.29. The maximum absolute atomic E-state index is 5.44. The molecule has 0 fully saturated rings. The van der Waals surface area contributed by atoms with Gasteiger partial charge in [0.15, 0.2) is 0 Å². The molecule has 1 N–H and O–H groups in total. The van der Waals surface area contributed by atoms with Crippen LogP contribution in [0.4, 0.5) is 5.69 Å². The van der Waals surface area contributed by atoms with E-state index >= 15 is 0 Å². The molecule has 7 aromatic carbocycles. The standard InChI is InChI=1S/C55H39N3/c1-2-10-36(11-3-1)49-29-25-37-19-20-38-26-30-50(57-55(38)54(37)56-49)42-24-27-44-41(32-42)22-18-35-17-21-40(33-48(35)44)39-12-8-13-43(31-39)53-47-28-23-34-9-4-5-14-45(34)52(47)46-15-6-7-16-51(46)58-53/h1-15,18-20,22-33,50-51,57H,16-17,21H2. The van der Waals surface area contributed by atoms with Crippen molar-refractivity contribution in [1.29, 1.82) is 0 Å². The number of pyridine rings is 1. The first-order valence-corrected chi connectivity index (χ1v) is 20.5. The highest BCUT2D eigenvalue weighted by Gasteiger charge is 2.29. The highest BCUT2D eigenvalue weighted by Crippen LogP contribution is 2.42. The van der Waals surface area contributed by atoms with Crippen molar-refractivity contribution in [3.05, 3.63) is 214 Å². The zero-order valence-corrected chi connectivity index (χ0v) is 32.0. The lowest BCUT2D eigenvalue weighted by Crippen LogP contribution is -2.22. The van der Waals surface area contributed by atoms with Crippen molar-refractivity contribution in [1.82, 2.24) is 4.98 Å². The molecule has 3 heterocycles. The molecule has 1 aromatic heterocycles. The second-order valence-corrected chi connectivity index (χ2v) is 16.0. The van der Waals surface area contributed by atoms with Gasteiger partial charge < -0.3 is 5.32 Å². The molecule has 0 bridgehead atoms. The second-order valence-electron chi connectivity index (χ2n) is 16.0. The monoisotopic (exact) mass is 741 g/mol. The van der Waals surface area contributed by atoms with Crippen molar-refractivity contribution in [2.45, 2.75) is 31.3 Å². The van der Waals surface area contributed by atoms with E-state index in [0.29, 0.717) is 0 Å².